The number of hydrogen-bond acceptors (Lipinski definition) is 2. The summed E-state index contributed by atoms with van der Waals surface area (Å²) >= 11 is 0. The van der Waals surface area contributed by atoms with Crippen LogP contribution in [0.4, 0.5) is 0 Å². The number of nitrogens with zero attached hydrogens (tertiary/aromatic N) is 3. The van der Waals surface area contributed by atoms with Crippen molar-refractivity contribution >= 4 is 65.6 Å². The monoisotopic (exact) mass is 903 g/mol. The van der Waals surface area contributed by atoms with Crippen LogP contribution in [-0.2, 0) is 0 Å². The highest BCUT2D eigenvalue weighted by Gasteiger charge is 2.28. The Morgan fingerprint density at radius 2 is 0.704 bits per heavy atom. The van der Waals surface area contributed by atoms with Crippen molar-refractivity contribution < 1.29 is 4.42 Å². The number of furan rings is 1. The van der Waals surface area contributed by atoms with E-state index in [0.717, 1.165) is 127 Å². The van der Waals surface area contributed by atoms with Gasteiger partial charge in [0.25, 0.3) is 0 Å². The van der Waals surface area contributed by atoms with Gasteiger partial charge in [-0.3, -0.25) is 0 Å². The third-order valence-corrected chi connectivity index (χ3v) is 14.4. The average molecular weight is 904 g/mol. The van der Waals surface area contributed by atoms with E-state index in [1.165, 1.54) is 0 Å². The summed E-state index contributed by atoms with van der Waals surface area (Å²) in [6.07, 6.45) is 0. The molecule has 0 bridgehead atoms. The molecule has 0 amide bonds. The average Bonchev–Trinajstić information content (AvgIpc) is 4.10. The molecule has 330 valence electrons. The molecule has 0 radical (unpaired) electrons. The Morgan fingerprint density at radius 1 is 0.324 bits per heavy atom. The minimum atomic E-state index is 0.543. The summed E-state index contributed by atoms with van der Waals surface area (Å²) in [6.45, 7) is 0. The number of para-hydroxylation sites is 1. The van der Waals surface area contributed by atoms with Crippen molar-refractivity contribution in [2.24, 2.45) is 0 Å². The first-order valence-corrected chi connectivity index (χ1v) is 24.1. The Morgan fingerprint density at radius 3 is 1.10 bits per heavy atom. The van der Waals surface area contributed by atoms with Crippen molar-refractivity contribution in [1.29, 1.82) is 5.26 Å². The molecular weight excluding hydrogens is 863 g/mol. The van der Waals surface area contributed by atoms with Crippen LogP contribution in [0.5, 0.6) is 0 Å². The Balaban J connectivity index is 1.13. The Labute approximate surface area is 409 Å². The summed E-state index contributed by atoms with van der Waals surface area (Å²) in [5.41, 5.74) is 18.6. The third-order valence-electron chi connectivity index (χ3n) is 14.4. The van der Waals surface area contributed by atoms with Crippen LogP contribution in [0.3, 0.4) is 0 Å². The highest BCUT2D eigenvalue weighted by atomic mass is 16.3. The Hall–Kier alpha value is -9.69. The van der Waals surface area contributed by atoms with Crippen LogP contribution in [0.15, 0.2) is 253 Å². The zero-order chi connectivity index (χ0) is 47.0. The number of benzene rings is 11. The van der Waals surface area contributed by atoms with E-state index < -0.39 is 0 Å². The molecule has 14 aromatic rings. The normalized spacial score (nSPS) is 11.6. The molecule has 14 rings (SSSR count). The van der Waals surface area contributed by atoms with Gasteiger partial charge in [-0.15, -0.1) is 0 Å². The van der Waals surface area contributed by atoms with Crippen LogP contribution in [0.1, 0.15) is 5.56 Å². The summed E-state index contributed by atoms with van der Waals surface area (Å²) in [5, 5.41) is 18.3. The molecular formula is C67H41N3O. The zero-order valence-electron chi connectivity index (χ0n) is 38.4. The molecule has 4 heteroatoms. The molecule has 71 heavy (non-hydrogen) atoms. The summed E-state index contributed by atoms with van der Waals surface area (Å²) in [6, 6.07) is 90.9. The Bertz CT molecular complexity index is 4230. The van der Waals surface area contributed by atoms with E-state index in [2.05, 4.69) is 258 Å². The lowest BCUT2D eigenvalue weighted by atomic mass is 9.99. The molecule has 4 nitrogen and oxygen atoms in total. The maximum absolute atomic E-state index is 12.1. The van der Waals surface area contributed by atoms with Crippen molar-refractivity contribution in [3.05, 3.63) is 254 Å². The van der Waals surface area contributed by atoms with Crippen LogP contribution in [0.25, 0.3) is 133 Å². The fourth-order valence-electron chi connectivity index (χ4n) is 11.1. The minimum absolute atomic E-state index is 0.543. The smallest absolute Gasteiger partial charge is 0.143 e. The molecule has 0 saturated carbocycles. The van der Waals surface area contributed by atoms with Crippen molar-refractivity contribution in [3.8, 4) is 73.1 Å². The predicted molar refractivity (Wildman–Crippen MR) is 294 cm³/mol. The predicted octanol–water partition coefficient (Wildman–Crippen LogP) is 18.0. The van der Waals surface area contributed by atoms with E-state index in [0.29, 0.717) is 11.1 Å². The van der Waals surface area contributed by atoms with Crippen molar-refractivity contribution in [2.75, 3.05) is 0 Å². The second-order valence-corrected chi connectivity index (χ2v) is 18.3. The molecule has 0 spiro atoms. The Kier molecular flexibility index (Phi) is 9.23. The van der Waals surface area contributed by atoms with Gasteiger partial charge in [0.15, 0.2) is 0 Å². The molecule has 0 aliphatic heterocycles. The van der Waals surface area contributed by atoms with E-state index in [1.807, 2.05) is 6.07 Å². The van der Waals surface area contributed by atoms with Gasteiger partial charge in [0.05, 0.1) is 38.8 Å². The lowest BCUT2D eigenvalue weighted by Gasteiger charge is -2.17. The van der Waals surface area contributed by atoms with Crippen LogP contribution >= 0.6 is 0 Å². The van der Waals surface area contributed by atoms with Crippen molar-refractivity contribution in [3.63, 3.8) is 0 Å². The molecule has 0 fully saturated rings. The van der Waals surface area contributed by atoms with Gasteiger partial charge in [-0.25, -0.2) is 0 Å². The first kappa shape index (κ1) is 40.4. The number of aromatic nitrogens is 2. The van der Waals surface area contributed by atoms with Crippen molar-refractivity contribution in [1.82, 2.24) is 9.13 Å². The molecule has 11 aromatic carbocycles. The molecule has 0 N–H and O–H groups in total. The zero-order valence-corrected chi connectivity index (χ0v) is 38.4. The molecule has 3 heterocycles. The van der Waals surface area contributed by atoms with Gasteiger partial charge in [-0.1, -0.05) is 194 Å². The number of fused-ring (bicyclic) bond motifs is 9. The fourth-order valence-corrected chi connectivity index (χ4v) is 11.1. The molecule has 0 atom stereocenters. The van der Waals surface area contributed by atoms with Gasteiger partial charge in [-0.2, -0.15) is 5.26 Å². The second kappa shape index (κ2) is 16.2. The first-order valence-electron chi connectivity index (χ1n) is 24.1. The van der Waals surface area contributed by atoms with Gasteiger partial charge in [-0.05, 0) is 98.6 Å². The minimum Gasteiger partial charge on any atom is -0.455 e. The number of rotatable bonds is 7. The van der Waals surface area contributed by atoms with Crippen LogP contribution in [0, 0.1) is 11.3 Å². The molecule has 3 aromatic heterocycles. The topological polar surface area (TPSA) is 46.8 Å². The quantitative estimate of drug-likeness (QED) is 0.160. The SMILES string of the molecule is N#Cc1c(-n2c3ccc(-c4ccccc4)cc3c3cc(-c4ccccc4)ccc32)cc2oc3c(-c4ccccc4)cccc3c2c1-n1c2ccc(-c3ccccc3)cc2c2cc(-c3ccccc3)ccc21. The van der Waals surface area contributed by atoms with E-state index in [-0.39, 0.29) is 0 Å². The van der Waals surface area contributed by atoms with Crippen LogP contribution in [0.2, 0.25) is 0 Å². The summed E-state index contributed by atoms with van der Waals surface area (Å²) in [5.74, 6) is 0. The van der Waals surface area contributed by atoms with Gasteiger partial charge in [0.2, 0.25) is 0 Å². The number of nitriles is 1. The summed E-state index contributed by atoms with van der Waals surface area (Å²) < 4.78 is 11.9. The van der Waals surface area contributed by atoms with E-state index in [9.17, 15) is 5.26 Å². The number of hydrogen-bond donors (Lipinski definition) is 0. The highest BCUT2D eigenvalue weighted by Crippen LogP contribution is 2.47. The van der Waals surface area contributed by atoms with Gasteiger partial charge < -0.3 is 13.6 Å². The fraction of sp³-hybridized carbons (Fsp3) is 0. The van der Waals surface area contributed by atoms with E-state index >= 15 is 0 Å². The molecule has 0 aliphatic rings. The van der Waals surface area contributed by atoms with Crippen LogP contribution in [-0.4, -0.2) is 9.13 Å². The maximum atomic E-state index is 12.1. The van der Waals surface area contributed by atoms with Crippen LogP contribution < -0.4 is 0 Å². The van der Waals surface area contributed by atoms with Gasteiger partial charge in [0.1, 0.15) is 22.8 Å². The largest absolute Gasteiger partial charge is 0.455 e. The van der Waals surface area contributed by atoms with E-state index in [4.69, 9.17) is 4.42 Å². The third kappa shape index (κ3) is 6.45. The summed E-state index contributed by atoms with van der Waals surface area (Å²) in [7, 11) is 0. The summed E-state index contributed by atoms with van der Waals surface area (Å²) in [4.78, 5) is 0. The lowest BCUT2D eigenvalue weighted by Crippen LogP contribution is -2.05. The molecule has 0 saturated heterocycles. The molecule has 0 unspecified atom stereocenters. The highest BCUT2D eigenvalue weighted by molar-refractivity contribution is 6.19. The second-order valence-electron chi connectivity index (χ2n) is 18.3. The first-order chi connectivity index (χ1) is 35.2. The standard InChI is InChI=1S/C67H41N3O/c68-42-58-63(69-59-33-29-48(43-17-6-1-7-18-43)37-54(59)55-38-49(30-34-60(55)69)44-19-8-2-9-20-44)41-64-65(53-28-16-27-52(67(53)71-64)47-25-14-5-15-26-47)66(58)70-61-35-31-50(45-21-10-3-11-22-45)39-56(61)57-40-51(32-36-62(57)70)46-23-12-4-13-24-46/h1-41H. The van der Waals surface area contributed by atoms with Crippen molar-refractivity contribution in [2.45, 2.75) is 0 Å². The molecule has 0 aliphatic carbocycles. The maximum Gasteiger partial charge on any atom is 0.143 e. The van der Waals surface area contributed by atoms with Gasteiger partial charge in [0, 0.05) is 38.6 Å². The van der Waals surface area contributed by atoms with Gasteiger partial charge >= 0.3 is 0 Å². The lowest BCUT2D eigenvalue weighted by molar-refractivity contribution is 0.669. The van der Waals surface area contributed by atoms with E-state index in [1.54, 1.807) is 0 Å².